The Morgan fingerprint density at radius 1 is 1.07 bits per heavy atom. The quantitative estimate of drug-likeness (QED) is 0.724. The van der Waals surface area contributed by atoms with E-state index in [1.165, 1.54) is 10.5 Å². The predicted octanol–water partition coefficient (Wildman–Crippen LogP) is 0.0432. The number of likely N-dealkylation sites (N-methyl/N-ethyl adjacent to an activating group) is 1. The summed E-state index contributed by atoms with van der Waals surface area (Å²) in [4.78, 5) is 17.2. The summed E-state index contributed by atoms with van der Waals surface area (Å²) in [5.74, 6) is 1.92. The topological polar surface area (TPSA) is 42.3 Å². The molecule has 0 aliphatic carbocycles. The van der Waals surface area contributed by atoms with Crippen LogP contribution in [0.15, 0.2) is 53.0 Å². The van der Waals surface area contributed by atoms with Gasteiger partial charge >= 0.3 is 0 Å². The number of quaternary nitrogens is 2. The minimum absolute atomic E-state index is 0.187. The molecule has 1 aromatic carbocycles. The number of nitrogens with zero attached hydrogens (tertiary/aromatic N) is 1. The molecular weight excluding hydrogens is 338 g/mol. The second-order valence-corrected chi connectivity index (χ2v) is 7.46. The molecule has 1 aliphatic heterocycles. The Morgan fingerprint density at radius 3 is 2.44 bits per heavy atom. The molecule has 0 bridgehead atoms. The molecule has 2 heterocycles. The van der Waals surface area contributed by atoms with Gasteiger partial charge in [0.1, 0.15) is 37.7 Å². The highest BCUT2D eigenvalue weighted by Crippen LogP contribution is 2.08. The van der Waals surface area contributed by atoms with Gasteiger partial charge in [-0.25, -0.2) is 0 Å². The van der Waals surface area contributed by atoms with Gasteiger partial charge in [-0.05, 0) is 30.7 Å². The van der Waals surface area contributed by atoms with Crippen molar-refractivity contribution < 1.29 is 19.0 Å². The molecule has 0 radical (unpaired) electrons. The van der Waals surface area contributed by atoms with Crippen LogP contribution in [0.1, 0.15) is 17.1 Å². The third-order valence-corrected chi connectivity index (χ3v) is 5.20. The number of furan rings is 1. The van der Waals surface area contributed by atoms with Gasteiger partial charge in [0, 0.05) is 7.05 Å². The lowest BCUT2D eigenvalue weighted by Crippen LogP contribution is -3.28. The van der Waals surface area contributed by atoms with Gasteiger partial charge in [0.05, 0.1) is 13.1 Å². The maximum Gasteiger partial charge on any atom is 0.277 e. The Hall–Kier alpha value is -2.37. The van der Waals surface area contributed by atoms with E-state index in [0.717, 1.165) is 44.2 Å². The highest BCUT2D eigenvalue weighted by molar-refractivity contribution is 5.76. The van der Waals surface area contributed by atoms with Crippen LogP contribution in [-0.4, -0.2) is 57.1 Å². The lowest BCUT2D eigenvalue weighted by Gasteiger charge is -2.29. The summed E-state index contributed by atoms with van der Waals surface area (Å²) >= 11 is 0. The molecule has 1 amide bonds. The highest BCUT2D eigenvalue weighted by Gasteiger charge is 2.25. The number of carbonyl (C=O) groups is 1. The number of carbonyl (C=O) groups excluding carboxylic acids is 1. The maximum atomic E-state index is 12.5. The fourth-order valence-corrected chi connectivity index (χ4v) is 3.50. The van der Waals surface area contributed by atoms with Gasteiger partial charge in [0.25, 0.3) is 5.91 Å². The maximum absolute atomic E-state index is 12.5. The molecule has 144 valence electrons. The molecular formula is C22H31N3O2+2. The lowest BCUT2D eigenvalue weighted by molar-refractivity contribution is -1.01. The SMILES string of the molecule is Cc1ccc(CN(C)C(=O)C[NH+]2CC[NH+](C/C=C/c3ccccc3)CC2)o1. The first-order chi connectivity index (χ1) is 13.1. The standard InChI is InChI=1S/C22H29N3O2/c1-19-10-11-21(27-19)17-23(2)22(26)18-25-15-13-24(14-16-25)12-6-9-20-7-4-3-5-8-20/h3-11H,12-18H2,1-2H3/p+2/b9-6+. The van der Waals surface area contributed by atoms with Gasteiger partial charge in [-0.1, -0.05) is 36.4 Å². The van der Waals surface area contributed by atoms with Crippen LogP contribution in [0, 0.1) is 6.92 Å². The molecule has 1 aromatic heterocycles. The van der Waals surface area contributed by atoms with Crippen molar-refractivity contribution in [3.05, 3.63) is 65.6 Å². The van der Waals surface area contributed by atoms with Crippen LogP contribution in [-0.2, 0) is 11.3 Å². The Balaban J connectivity index is 1.37. The van der Waals surface area contributed by atoms with Gasteiger partial charge < -0.3 is 19.1 Å². The van der Waals surface area contributed by atoms with E-state index in [4.69, 9.17) is 4.42 Å². The molecule has 2 N–H and O–H groups in total. The van der Waals surface area contributed by atoms with Crippen molar-refractivity contribution in [2.75, 3.05) is 46.3 Å². The summed E-state index contributed by atoms with van der Waals surface area (Å²) in [6.45, 7) is 8.42. The van der Waals surface area contributed by atoms with Gasteiger partial charge in [-0.3, -0.25) is 4.79 Å². The monoisotopic (exact) mass is 369 g/mol. The molecule has 0 unspecified atom stereocenters. The summed E-state index contributed by atoms with van der Waals surface area (Å²) in [5, 5.41) is 0. The lowest BCUT2D eigenvalue weighted by atomic mass is 10.2. The van der Waals surface area contributed by atoms with Crippen LogP contribution in [0.2, 0.25) is 0 Å². The first-order valence-corrected chi connectivity index (χ1v) is 9.78. The zero-order valence-corrected chi connectivity index (χ0v) is 16.4. The summed E-state index contributed by atoms with van der Waals surface area (Å²) < 4.78 is 5.57. The Morgan fingerprint density at radius 2 is 1.78 bits per heavy atom. The molecule has 0 atom stereocenters. The van der Waals surface area contributed by atoms with Crippen molar-refractivity contribution in [2.45, 2.75) is 13.5 Å². The highest BCUT2D eigenvalue weighted by atomic mass is 16.3. The summed E-state index contributed by atoms with van der Waals surface area (Å²) in [6, 6.07) is 14.3. The smallest absolute Gasteiger partial charge is 0.277 e. The third-order valence-electron chi connectivity index (χ3n) is 5.20. The fraction of sp³-hybridized carbons (Fsp3) is 0.409. The van der Waals surface area contributed by atoms with Crippen LogP contribution >= 0.6 is 0 Å². The number of nitrogens with one attached hydrogen (secondary N) is 2. The number of piperazine rings is 1. The fourth-order valence-electron chi connectivity index (χ4n) is 3.50. The van der Waals surface area contributed by atoms with E-state index in [1.54, 1.807) is 9.80 Å². The minimum atomic E-state index is 0.187. The molecule has 5 heteroatoms. The summed E-state index contributed by atoms with van der Waals surface area (Å²) in [7, 11) is 1.86. The number of aryl methyl sites for hydroxylation is 1. The predicted molar refractivity (Wildman–Crippen MR) is 107 cm³/mol. The molecule has 27 heavy (non-hydrogen) atoms. The van der Waals surface area contributed by atoms with Crippen molar-refractivity contribution in [1.82, 2.24) is 4.90 Å². The molecule has 1 fully saturated rings. The van der Waals surface area contributed by atoms with Gasteiger partial charge in [0.2, 0.25) is 0 Å². The number of rotatable bonds is 7. The number of hydrogen-bond acceptors (Lipinski definition) is 2. The molecule has 2 aromatic rings. The average molecular weight is 370 g/mol. The van der Waals surface area contributed by atoms with Crippen molar-refractivity contribution in [3.63, 3.8) is 0 Å². The van der Waals surface area contributed by atoms with Crippen molar-refractivity contribution in [2.24, 2.45) is 0 Å². The summed E-state index contributed by atoms with van der Waals surface area (Å²) in [5.41, 5.74) is 1.25. The van der Waals surface area contributed by atoms with E-state index < -0.39 is 0 Å². The zero-order chi connectivity index (χ0) is 19.1. The van der Waals surface area contributed by atoms with Crippen LogP contribution in [0.5, 0.6) is 0 Å². The molecule has 1 aliphatic rings. The van der Waals surface area contributed by atoms with E-state index in [0.29, 0.717) is 13.1 Å². The number of benzene rings is 1. The molecule has 0 saturated carbocycles. The molecule has 3 rings (SSSR count). The molecule has 1 saturated heterocycles. The average Bonchev–Trinajstić information content (AvgIpc) is 3.08. The van der Waals surface area contributed by atoms with E-state index in [2.05, 4.69) is 36.4 Å². The van der Waals surface area contributed by atoms with Crippen molar-refractivity contribution in [3.8, 4) is 0 Å². The van der Waals surface area contributed by atoms with Gasteiger partial charge in [-0.15, -0.1) is 0 Å². The van der Waals surface area contributed by atoms with E-state index in [9.17, 15) is 4.79 Å². The first-order valence-electron chi connectivity index (χ1n) is 9.78. The normalized spacial score (nSPS) is 20.1. The Labute approximate surface area is 161 Å². The molecule has 5 nitrogen and oxygen atoms in total. The van der Waals surface area contributed by atoms with Crippen LogP contribution in [0.3, 0.4) is 0 Å². The number of amides is 1. The van der Waals surface area contributed by atoms with E-state index >= 15 is 0 Å². The van der Waals surface area contributed by atoms with Crippen molar-refractivity contribution >= 4 is 12.0 Å². The van der Waals surface area contributed by atoms with Crippen molar-refractivity contribution in [1.29, 1.82) is 0 Å². The molecule has 0 spiro atoms. The second kappa shape index (κ2) is 9.53. The van der Waals surface area contributed by atoms with Gasteiger partial charge in [-0.2, -0.15) is 0 Å². The largest absolute Gasteiger partial charge is 0.464 e. The third kappa shape index (κ3) is 6.08. The number of hydrogen-bond donors (Lipinski definition) is 2. The Kier molecular flexibility index (Phi) is 6.85. The second-order valence-electron chi connectivity index (χ2n) is 7.46. The van der Waals surface area contributed by atoms with Crippen LogP contribution in [0.25, 0.3) is 6.08 Å². The van der Waals surface area contributed by atoms with E-state index in [-0.39, 0.29) is 5.91 Å². The first kappa shape index (κ1) is 19.4. The Bertz CT molecular complexity index is 746. The van der Waals surface area contributed by atoms with Crippen LogP contribution < -0.4 is 9.80 Å². The summed E-state index contributed by atoms with van der Waals surface area (Å²) in [6.07, 6.45) is 4.46. The van der Waals surface area contributed by atoms with E-state index in [1.807, 2.05) is 32.2 Å². The zero-order valence-electron chi connectivity index (χ0n) is 16.4. The van der Waals surface area contributed by atoms with Gasteiger partial charge in [0.15, 0.2) is 6.54 Å². The minimum Gasteiger partial charge on any atom is -0.464 e. The van der Waals surface area contributed by atoms with Crippen LogP contribution in [0.4, 0.5) is 0 Å².